The SMILES string of the molecule is CCn1ccnc1CNc1cccc2ncccc12. The lowest BCUT2D eigenvalue weighted by atomic mass is 10.2. The quantitative estimate of drug-likeness (QED) is 0.776. The van der Waals surface area contributed by atoms with E-state index in [0.29, 0.717) is 0 Å². The Morgan fingerprint density at radius 3 is 2.95 bits per heavy atom. The minimum atomic E-state index is 0.717. The fraction of sp³-hybridized carbons (Fsp3) is 0.200. The van der Waals surface area contributed by atoms with Crippen molar-refractivity contribution in [2.75, 3.05) is 5.32 Å². The van der Waals surface area contributed by atoms with E-state index in [0.717, 1.165) is 35.5 Å². The first kappa shape index (κ1) is 11.7. The second-order valence-corrected chi connectivity index (χ2v) is 4.36. The van der Waals surface area contributed by atoms with Crippen LogP contribution in [0.2, 0.25) is 0 Å². The van der Waals surface area contributed by atoms with E-state index in [4.69, 9.17) is 0 Å². The first-order valence-corrected chi connectivity index (χ1v) is 6.46. The molecular formula is C15H16N4. The molecule has 0 bridgehead atoms. The molecule has 2 aromatic heterocycles. The van der Waals surface area contributed by atoms with Crippen LogP contribution < -0.4 is 5.32 Å². The molecule has 0 fully saturated rings. The number of aryl methyl sites for hydroxylation is 1. The molecule has 0 spiro atoms. The van der Waals surface area contributed by atoms with Crippen molar-refractivity contribution in [1.82, 2.24) is 14.5 Å². The highest BCUT2D eigenvalue weighted by atomic mass is 15.1. The fourth-order valence-electron chi connectivity index (χ4n) is 2.23. The third-order valence-corrected chi connectivity index (χ3v) is 3.23. The van der Waals surface area contributed by atoms with E-state index < -0.39 is 0 Å². The van der Waals surface area contributed by atoms with E-state index in [9.17, 15) is 0 Å². The zero-order valence-electron chi connectivity index (χ0n) is 10.9. The Hall–Kier alpha value is -2.36. The van der Waals surface area contributed by atoms with Crippen LogP contribution in [0.25, 0.3) is 10.9 Å². The van der Waals surface area contributed by atoms with Crippen LogP contribution in [-0.2, 0) is 13.1 Å². The Labute approximate surface area is 112 Å². The van der Waals surface area contributed by atoms with Gasteiger partial charge in [0.2, 0.25) is 0 Å². The number of hydrogen-bond acceptors (Lipinski definition) is 3. The van der Waals surface area contributed by atoms with Crippen LogP contribution in [0.5, 0.6) is 0 Å². The number of nitrogens with zero attached hydrogens (tertiary/aromatic N) is 3. The molecule has 1 aromatic carbocycles. The van der Waals surface area contributed by atoms with Gasteiger partial charge in [0, 0.05) is 36.2 Å². The molecular weight excluding hydrogens is 236 g/mol. The molecule has 0 aliphatic heterocycles. The monoisotopic (exact) mass is 252 g/mol. The standard InChI is InChI=1S/C15H16N4/c1-2-19-10-9-17-15(19)11-18-14-7-3-6-13-12(14)5-4-8-16-13/h3-10,18H,2,11H2,1H3. The number of imidazole rings is 1. The summed E-state index contributed by atoms with van der Waals surface area (Å²) in [6.07, 6.45) is 5.66. The highest BCUT2D eigenvalue weighted by molar-refractivity contribution is 5.91. The summed E-state index contributed by atoms with van der Waals surface area (Å²) in [4.78, 5) is 8.73. The maximum atomic E-state index is 4.37. The van der Waals surface area contributed by atoms with Crippen molar-refractivity contribution in [2.24, 2.45) is 0 Å². The van der Waals surface area contributed by atoms with Crippen LogP contribution in [0, 0.1) is 0 Å². The molecule has 0 radical (unpaired) electrons. The lowest BCUT2D eigenvalue weighted by molar-refractivity contribution is 0.708. The van der Waals surface area contributed by atoms with Gasteiger partial charge in [0.1, 0.15) is 5.82 Å². The van der Waals surface area contributed by atoms with E-state index in [1.165, 1.54) is 0 Å². The molecule has 4 nitrogen and oxygen atoms in total. The number of fused-ring (bicyclic) bond motifs is 1. The number of pyridine rings is 1. The molecule has 0 aliphatic rings. The third-order valence-electron chi connectivity index (χ3n) is 3.23. The van der Waals surface area contributed by atoms with Gasteiger partial charge in [-0.25, -0.2) is 4.98 Å². The number of nitrogens with one attached hydrogen (secondary N) is 1. The minimum Gasteiger partial charge on any atom is -0.377 e. The molecule has 3 rings (SSSR count). The van der Waals surface area contributed by atoms with Crippen molar-refractivity contribution >= 4 is 16.6 Å². The molecule has 0 saturated carbocycles. The second kappa shape index (κ2) is 5.10. The smallest absolute Gasteiger partial charge is 0.128 e. The second-order valence-electron chi connectivity index (χ2n) is 4.36. The van der Waals surface area contributed by atoms with Gasteiger partial charge in [-0.1, -0.05) is 6.07 Å². The Morgan fingerprint density at radius 1 is 1.11 bits per heavy atom. The van der Waals surface area contributed by atoms with Crippen LogP contribution in [-0.4, -0.2) is 14.5 Å². The number of aromatic nitrogens is 3. The topological polar surface area (TPSA) is 42.7 Å². The van der Waals surface area contributed by atoms with Crippen molar-refractivity contribution in [2.45, 2.75) is 20.0 Å². The van der Waals surface area contributed by atoms with E-state index >= 15 is 0 Å². The molecule has 4 heteroatoms. The summed E-state index contributed by atoms with van der Waals surface area (Å²) in [6, 6.07) is 10.2. The fourth-order valence-corrected chi connectivity index (χ4v) is 2.23. The summed E-state index contributed by atoms with van der Waals surface area (Å²) >= 11 is 0. The maximum Gasteiger partial charge on any atom is 0.128 e. The first-order valence-electron chi connectivity index (χ1n) is 6.46. The molecule has 3 aromatic rings. The normalized spacial score (nSPS) is 10.8. The summed E-state index contributed by atoms with van der Waals surface area (Å²) in [5, 5.41) is 4.58. The van der Waals surface area contributed by atoms with Crippen LogP contribution in [0.4, 0.5) is 5.69 Å². The van der Waals surface area contributed by atoms with Gasteiger partial charge in [-0.05, 0) is 31.2 Å². The Morgan fingerprint density at radius 2 is 2.05 bits per heavy atom. The Bertz CT molecular complexity index is 682. The van der Waals surface area contributed by atoms with Crippen LogP contribution in [0.3, 0.4) is 0 Å². The molecule has 96 valence electrons. The van der Waals surface area contributed by atoms with Gasteiger partial charge in [-0.3, -0.25) is 4.98 Å². The van der Waals surface area contributed by atoms with Gasteiger partial charge in [0.25, 0.3) is 0 Å². The highest BCUT2D eigenvalue weighted by Crippen LogP contribution is 2.21. The molecule has 0 saturated heterocycles. The summed E-state index contributed by atoms with van der Waals surface area (Å²) in [5.74, 6) is 1.04. The van der Waals surface area contributed by atoms with Gasteiger partial charge in [-0.2, -0.15) is 0 Å². The van der Waals surface area contributed by atoms with Crippen LogP contribution in [0.1, 0.15) is 12.7 Å². The molecule has 1 N–H and O–H groups in total. The average Bonchev–Trinajstić information content (AvgIpc) is 2.92. The lowest BCUT2D eigenvalue weighted by Gasteiger charge is -2.10. The van der Waals surface area contributed by atoms with Crippen LogP contribution in [0.15, 0.2) is 48.9 Å². The first-order chi connectivity index (χ1) is 9.38. The summed E-state index contributed by atoms with van der Waals surface area (Å²) in [5.41, 5.74) is 2.10. The number of hydrogen-bond donors (Lipinski definition) is 1. The van der Waals surface area contributed by atoms with Gasteiger partial charge >= 0.3 is 0 Å². The van der Waals surface area contributed by atoms with E-state index in [1.54, 1.807) is 0 Å². The van der Waals surface area contributed by atoms with Gasteiger partial charge in [0.15, 0.2) is 0 Å². The van der Waals surface area contributed by atoms with Crippen molar-refractivity contribution in [3.8, 4) is 0 Å². The van der Waals surface area contributed by atoms with Crippen LogP contribution >= 0.6 is 0 Å². The summed E-state index contributed by atoms with van der Waals surface area (Å²) < 4.78 is 2.14. The van der Waals surface area contributed by atoms with Gasteiger partial charge < -0.3 is 9.88 Å². The van der Waals surface area contributed by atoms with Crippen molar-refractivity contribution in [3.05, 3.63) is 54.7 Å². The molecule has 0 amide bonds. The zero-order chi connectivity index (χ0) is 13.1. The van der Waals surface area contributed by atoms with Gasteiger partial charge in [0.05, 0.1) is 12.1 Å². The van der Waals surface area contributed by atoms with E-state index in [-0.39, 0.29) is 0 Å². The van der Waals surface area contributed by atoms with Crippen molar-refractivity contribution < 1.29 is 0 Å². The van der Waals surface area contributed by atoms with Crippen molar-refractivity contribution in [3.63, 3.8) is 0 Å². The zero-order valence-corrected chi connectivity index (χ0v) is 10.9. The predicted molar refractivity (Wildman–Crippen MR) is 77.0 cm³/mol. The van der Waals surface area contributed by atoms with E-state index in [2.05, 4.69) is 38.9 Å². The minimum absolute atomic E-state index is 0.717. The largest absolute Gasteiger partial charge is 0.377 e. The molecule has 0 aliphatic carbocycles. The predicted octanol–water partition coefficient (Wildman–Crippen LogP) is 3.06. The van der Waals surface area contributed by atoms with Crippen molar-refractivity contribution in [1.29, 1.82) is 0 Å². The summed E-state index contributed by atoms with van der Waals surface area (Å²) in [7, 11) is 0. The number of benzene rings is 1. The Balaban J connectivity index is 1.86. The van der Waals surface area contributed by atoms with Gasteiger partial charge in [-0.15, -0.1) is 0 Å². The molecule has 2 heterocycles. The molecule has 0 atom stereocenters. The molecule has 19 heavy (non-hydrogen) atoms. The number of rotatable bonds is 4. The summed E-state index contributed by atoms with van der Waals surface area (Å²) in [6.45, 7) is 3.77. The highest BCUT2D eigenvalue weighted by Gasteiger charge is 2.03. The third kappa shape index (κ3) is 2.29. The average molecular weight is 252 g/mol. The molecule has 0 unspecified atom stereocenters. The number of anilines is 1. The van der Waals surface area contributed by atoms with E-state index in [1.807, 2.05) is 36.8 Å². The Kier molecular flexibility index (Phi) is 3.14. The lowest BCUT2D eigenvalue weighted by Crippen LogP contribution is -2.07. The maximum absolute atomic E-state index is 4.37.